The summed E-state index contributed by atoms with van der Waals surface area (Å²) in [6, 6.07) is 1.54. The molecule has 104 valence electrons. The lowest BCUT2D eigenvalue weighted by molar-refractivity contribution is 0.0945. The van der Waals surface area contributed by atoms with E-state index in [1.807, 2.05) is 22.6 Å². The maximum absolute atomic E-state index is 12.7. The quantitative estimate of drug-likeness (QED) is 0.774. The number of halogens is 3. The SMILES string of the molecule is O=C1NCCc2[nH]c(-c3ccnc(C(F)F)n3)c(I)c21. The summed E-state index contributed by atoms with van der Waals surface area (Å²) in [6.07, 6.45) is -0.746. The number of nitrogens with zero attached hydrogens (tertiary/aromatic N) is 2. The Labute approximate surface area is 126 Å². The van der Waals surface area contributed by atoms with Crippen LogP contribution in [0.3, 0.4) is 0 Å². The van der Waals surface area contributed by atoms with Crippen molar-refractivity contribution in [2.45, 2.75) is 12.8 Å². The van der Waals surface area contributed by atoms with Crippen LogP contribution in [0.2, 0.25) is 0 Å². The molecule has 1 aliphatic rings. The van der Waals surface area contributed by atoms with Gasteiger partial charge in [-0.15, -0.1) is 0 Å². The molecule has 0 unspecified atom stereocenters. The number of hydrogen-bond donors (Lipinski definition) is 2. The third-order valence-electron chi connectivity index (χ3n) is 3.03. The van der Waals surface area contributed by atoms with E-state index >= 15 is 0 Å². The molecular weight excluding hydrogens is 381 g/mol. The Hall–Kier alpha value is -1.58. The van der Waals surface area contributed by atoms with Crippen LogP contribution in [0.25, 0.3) is 11.4 Å². The van der Waals surface area contributed by atoms with Crippen molar-refractivity contribution >= 4 is 28.5 Å². The molecule has 0 saturated heterocycles. The van der Waals surface area contributed by atoms with Crippen LogP contribution < -0.4 is 5.32 Å². The number of hydrogen-bond acceptors (Lipinski definition) is 3. The fraction of sp³-hybridized carbons (Fsp3) is 0.250. The highest BCUT2D eigenvalue weighted by atomic mass is 127. The molecule has 8 heteroatoms. The zero-order valence-electron chi connectivity index (χ0n) is 10.1. The number of nitrogens with one attached hydrogen (secondary N) is 2. The molecular formula is C12H9F2IN4O. The molecule has 1 amide bonds. The Morgan fingerprint density at radius 3 is 2.90 bits per heavy atom. The van der Waals surface area contributed by atoms with Crippen molar-refractivity contribution in [2.24, 2.45) is 0 Å². The molecule has 2 aromatic rings. The highest BCUT2D eigenvalue weighted by Gasteiger charge is 2.26. The Kier molecular flexibility index (Phi) is 3.40. The van der Waals surface area contributed by atoms with E-state index < -0.39 is 12.2 Å². The van der Waals surface area contributed by atoms with Gasteiger partial charge in [0.2, 0.25) is 0 Å². The molecule has 0 aromatic carbocycles. The van der Waals surface area contributed by atoms with Gasteiger partial charge >= 0.3 is 0 Å². The predicted molar refractivity (Wildman–Crippen MR) is 75.5 cm³/mol. The summed E-state index contributed by atoms with van der Waals surface area (Å²) in [6.45, 7) is 0.563. The molecule has 0 spiro atoms. The number of alkyl halides is 2. The minimum atomic E-state index is -2.72. The first-order valence-electron chi connectivity index (χ1n) is 5.88. The van der Waals surface area contributed by atoms with E-state index in [-0.39, 0.29) is 5.91 Å². The van der Waals surface area contributed by atoms with Crippen LogP contribution in [-0.2, 0) is 6.42 Å². The number of aromatic nitrogens is 3. The molecule has 0 bridgehead atoms. The van der Waals surface area contributed by atoms with E-state index in [2.05, 4.69) is 20.3 Å². The van der Waals surface area contributed by atoms with Crippen LogP contribution >= 0.6 is 22.6 Å². The van der Waals surface area contributed by atoms with E-state index in [0.717, 1.165) is 5.69 Å². The van der Waals surface area contributed by atoms with Gasteiger partial charge in [-0.05, 0) is 28.7 Å². The van der Waals surface area contributed by atoms with Gasteiger partial charge in [0.05, 0.1) is 20.5 Å². The summed E-state index contributed by atoms with van der Waals surface area (Å²) >= 11 is 2.03. The number of carbonyl (C=O) groups is 1. The number of rotatable bonds is 2. The molecule has 0 saturated carbocycles. The zero-order chi connectivity index (χ0) is 14.3. The first-order chi connectivity index (χ1) is 9.58. The lowest BCUT2D eigenvalue weighted by atomic mass is 10.1. The van der Waals surface area contributed by atoms with Gasteiger partial charge in [-0.25, -0.2) is 18.7 Å². The van der Waals surface area contributed by atoms with E-state index in [9.17, 15) is 13.6 Å². The Morgan fingerprint density at radius 1 is 1.40 bits per heavy atom. The first kappa shape index (κ1) is 13.4. The molecule has 1 aliphatic heterocycles. The zero-order valence-corrected chi connectivity index (χ0v) is 12.2. The van der Waals surface area contributed by atoms with Crippen LogP contribution in [0.5, 0.6) is 0 Å². The maximum Gasteiger partial charge on any atom is 0.297 e. The van der Waals surface area contributed by atoms with Crippen molar-refractivity contribution < 1.29 is 13.6 Å². The van der Waals surface area contributed by atoms with Crippen LogP contribution in [0.4, 0.5) is 8.78 Å². The lowest BCUT2D eigenvalue weighted by Crippen LogP contribution is -2.31. The van der Waals surface area contributed by atoms with Crippen LogP contribution in [0.15, 0.2) is 12.3 Å². The number of carbonyl (C=O) groups excluding carboxylic acids is 1. The molecule has 20 heavy (non-hydrogen) atoms. The molecule has 0 aliphatic carbocycles. The summed E-state index contributed by atoms with van der Waals surface area (Å²) in [7, 11) is 0. The second kappa shape index (κ2) is 5.08. The van der Waals surface area contributed by atoms with Gasteiger partial charge in [-0.2, -0.15) is 0 Å². The third-order valence-corrected chi connectivity index (χ3v) is 4.11. The van der Waals surface area contributed by atoms with Crippen molar-refractivity contribution in [3.8, 4) is 11.4 Å². The number of fused-ring (bicyclic) bond motifs is 1. The van der Waals surface area contributed by atoms with Crippen LogP contribution in [0.1, 0.15) is 28.3 Å². The topological polar surface area (TPSA) is 70.7 Å². The predicted octanol–water partition coefficient (Wildman–Crippen LogP) is 2.30. The molecule has 0 atom stereocenters. The Balaban J connectivity index is 2.11. The normalized spacial score (nSPS) is 14.3. The largest absolute Gasteiger partial charge is 0.356 e. The average molecular weight is 390 g/mol. The molecule has 0 fully saturated rings. The van der Waals surface area contributed by atoms with Crippen LogP contribution in [-0.4, -0.2) is 27.4 Å². The summed E-state index contributed by atoms with van der Waals surface area (Å²) in [5, 5.41) is 2.76. The van der Waals surface area contributed by atoms with Crippen molar-refractivity contribution in [1.82, 2.24) is 20.3 Å². The second-order valence-corrected chi connectivity index (χ2v) is 5.35. The first-order valence-corrected chi connectivity index (χ1v) is 6.96. The molecule has 3 heterocycles. The fourth-order valence-electron chi connectivity index (χ4n) is 2.13. The summed E-state index contributed by atoms with van der Waals surface area (Å²) in [5.74, 6) is -0.670. The van der Waals surface area contributed by atoms with Gasteiger partial charge in [0.25, 0.3) is 12.3 Å². The van der Waals surface area contributed by atoms with Gasteiger partial charge in [0.15, 0.2) is 5.82 Å². The third kappa shape index (κ3) is 2.17. The molecule has 2 N–H and O–H groups in total. The Morgan fingerprint density at radius 2 is 2.20 bits per heavy atom. The van der Waals surface area contributed by atoms with Gasteiger partial charge in [-0.1, -0.05) is 0 Å². The number of amides is 1. The number of H-pyrrole nitrogens is 1. The summed E-state index contributed by atoms with van der Waals surface area (Å²) in [4.78, 5) is 22.3. The van der Waals surface area contributed by atoms with Crippen molar-refractivity contribution in [2.75, 3.05) is 6.54 Å². The Bertz CT molecular complexity index is 686. The molecule has 5 nitrogen and oxygen atoms in total. The number of aromatic amines is 1. The standard InChI is InChI=1S/C12H9F2IN4O/c13-10(14)11-16-3-2-6(19-11)9-8(15)7-5(18-9)1-4-17-12(7)20/h2-3,10,18H,1,4H2,(H,17,20). The van der Waals surface area contributed by atoms with Crippen molar-refractivity contribution in [3.63, 3.8) is 0 Å². The molecule has 3 rings (SSSR count). The summed E-state index contributed by atoms with van der Waals surface area (Å²) < 4.78 is 26.0. The van der Waals surface area contributed by atoms with E-state index in [1.54, 1.807) is 6.07 Å². The lowest BCUT2D eigenvalue weighted by Gasteiger charge is -2.11. The average Bonchev–Trinajstić information content (AvgIpc) is 2.77. The molecule has 0 radical (unpaired) electrons. The van der Waals surface area contributed by atoms with E-state index in [0.29, 0.717) is 33.5 Å². The second-order valence-electron chi connectivity index (χ2n) is 4.27. The summed E-state index contributed by atoms with van der Waals surface area (Å²) in [5.41, 5.74) is 2.33. The fourth-order valence-corrected chi connectivity index (χ4v) is 3.12. The minimum Gasteiger partial charge on any atom is -0.356 e. The smallest absolute Gasteiger partial charge is 0.297 e. The van der Waals surface area contributed by atoms with Gasteiger partial charge in [0.1, 0.15) is 0 Å². The van der Waals surface area contributed by atoms with Crippen molar-refractivity contribution in [1.29, 1.82) is 0 Å². The van der Waals surface area contributed by atoms with Crippen molar-refractivity contribution in [3.05, 3.63) is 32.9 Å². The highest BCUT2D eigenvalue weighted by molar-refractivity contribution is 14.1. The highest BCUT2D eigenvalue weighted by Crippen LogP contribution is 2.30. The minimum absolute atomic E-state index is 0.152. The monoisotopic (exact) mass is 390 g/mol. The van der Waals surface area contributed by atoms with Gasteiger partial charge < -0.3 is 10.3 Å². The maximum atomic E-state index is 12.7. The van der Waals surface area contributed by atoms with E-state index in [4.69, 9.17) is 0 Å². The van der Waals surface area contributed by atoms with Crippen LogP contribution in [0, 0.1) is 3.57 Å². The van der Waals surface area contributed by atoms with Gasteiger partial charge in [-0.3, -0.25) is 4.79 Å². The molecule has 2 aromatic heterocycles. The van der Waals surface area contributed by atoms with E-state index in [1.165, 1.54) is 6.20 Å². The van der Waals surface area contributed by atoms with Gasteiger partial charge in [0, 0.05) is 24.9 Å².